The van der Waals surface area contributed by atoms with Crippen LogP contribution in [0, 0.1) is 4.84 Å². The summed E-state index contributed by atoms with van der Waals surface area (Å²) in [6, 6.07) is 6.13. The van der Waals surface area contributed by atoms with E-state index in [1.807, 2.05) is 18.2 Å². The zero-order chi connectivity index (χ0) is 17.8. The van der Waals surface area contributed by atoms with Crippen LogP contribution in [0.3, 0.4) is 0 Å². The summed E-state index contributed by atoms with van der Waals surface area (Å²) in [4.78, 5) is 2.83. The third-order valence-corrected chi connectivity index (χ3v) is 5.03. The molecule has 6 nitrogen and oxygen atoms in total. The Bertz CT molecular complexity index is 749. The minimum atomic E-state index is 0.386. The first-order chi connectivity index (χ1) is 12.1. The van der Waals surface area contributed by atoms with Gasteiger partial charge in [0, 0.05) is 24.2 Å². The predicted octanol–water partition coefficient (Wildman–Crippen LogP) is 4.11. The maximum atomic E-state index is 5.74. The molecular weight excluding hydrogens is 338 g/mol. The number of ether oxygens (including phenoxy) is 2. The van der Waals surface area contributed by atoms with Crippen LogP contribution in [0.2, 0.25) is 0 Å². The Morgan fingerprint density at radius 2 is 1.92 bits per heavy atom. The van der Waals surface area contributed by atoms with E-state index in [1.165, 1.54) is 19.3 Å². The number of benzene rings is 1. The van der Waals surface area contributed by atoms with E-state index >= 15 is 0 Å². The topological polar surface area (TPSA) is 52.7 Å². The van der Waals surface area contributed by atoms with E-state index in [0.717, 1.165) is 18.5 Å². The lowest BCUT2D eigenvalue weighted by molar-refractivity contribution is 0.0994. The second kappa shape index (κ2) is 8.01. The lowest BCUT2D eigenvalue weighted by atomic mass is 10.0. The molecular formula is C18H25N3O3S. The van der Waals surface area contributed by atoms with Crippen molar-refractivity contribution < 1.29 is 13.9 Å². The number of nitrogens with zero attached hydrogens (tertiary/aromatic N) is 3. The minimum absolute atomic E-state index is 0.386. The van der Waals surface area contributed by atoms with E-state index in [9.17, 15) is 0 Å². The van der Waals surface area contributed by atoms with Gasteiger partial charge in [-0.1, -0.05) is 13.3 Å². The van der Waals surface area contributed by atoms with E-state index in [-0.39, 0.29) is 0 Å². The van der Waals surface area contributed by atoms with Crippen LogP contribution in [0.4, 0.5) is 0 Å². The highest BCUT2D eigenvalue weighted by Crippen LogP contribution is 2.29. The molecule has 1 atom stereocenters. The fourth-order valence-corrected chi connectivity index (χ4v) is 3.50. The summed E-state index contributed by atoms with van der Waals surface area (Å²) in [5, 5.41) is 4.59. The highest BCUT2D eigenvalue weighted by Gasteiger charge is 2.22. The van der Waals surface area contributed by atoms with Crippen molar-refractivity contribution in [3.8, 4) is 23.0 Å². The molecule has 1 aliphatic heterocycles. The van der Waals surface area contributed by atoms with E-state index in [1.54, 1.807) is 18.9 Å². The second-order valence-electron chi connectivity index (χ2n) is 6.29. The van der Waals surface area contributed by atoms with E-state index in [2.05, 4.69) is 16.9 Å². The summed E-state index contributed by atoms with van der Waals surface area (Å²) in [5.41, 5.74) is 0.784. The van der Waals surface area contributed by atoms with Gasteiger partial charge in [-0.3, -0.25) is 4.90 Å². The SMILES string of the molecule is CCC1CCCCN1Cn1nc(-c2cc(OC)cc(OC)c2)oc1=S. The van der Waals surface area contributed by atoms with E-state index < -0.39 is 0 Å². The molecule has 0 spiro atoms. The molecule has 136 valence electrons. The van der Waals surface area contributed by atoms with Gasteiger partial charge in [-0.15, -0.1) is 5.10 Å². The lowest BCUT2D eigenvalue weighted by Crippen LogP contribution is -2.40. The molecule has 2 heterocycles. The van der Waals surface area contributed by atoms with Crippen LogP contribution in [-0.4, -0.2) is 41.5 Å². The zero-order valence-corrected chi connectivity index (χ0v) is 15.8. The monoisotopic (exact) mass is 363 g/mol. The number of likely N-dealkylation sites (tertiary alicyclic amines) is 1. The van der Waals surface area contributed by atoms with Gasteiger partial charge in [-0.05, 0) is 43.6 Å². The van der Waals surface area contributed by atoms with Crippen molar-refractivity contribution in [3.63, 3.8) is 0 Å². The molecule has 0 bridgehead atoms. The number of methoxy groups -OCH3 is 2. The van der Waals surface area contributed by atoms with Crippen LogP contribution in [0.25, 0.3) is 11.5 Å². The summed E-state index contributed by atoms with van der Waals surface area (Å²) in [5.74, 6) is 1.85. The smallest absolute Gasteiger partial charge is 0.288 e. The summed E-state index contributed by atoms with van der Waals surface area (Å²) in [6.07, 6.45) is 4.91. The molecule has 1 aromatic carbocycles. The third kappa shape index (κ3) is 4.04. The van der Waals surface area contributed by atoms with Crippen molar-refractivity contribution in [2.24, 2.45) is 0 Å². The average Bonchev–Trinajstić information content (AvgIpc) is 3.02. The molecule has 0 saturated carbocycles. The summed E-state index contributed by atoms with van der Waals surface area (Å²) >= 11 is 5.38. The summed E-state index contributed by atoms with van der Waals surface area (Å²) < 4.78 is 18.1. The van der Waals surface area contributed by atoms with Gasteiger partial charge in [0.2, 0.25) is 5.89 Å². The molecule has 0 radical (unpaired) electrons. The van der Waals surface area contributed by atoms with Crippen molar-refractivity contribution in [2.75, 3.05) is 20.8 Å². The normalized spacial score (nSPS) is 18.3. The standard InChI is InChI=1S/C18H25N3O3S/c1-4-14-7-5-6-8-20(14)12-21-18(25)24-17(19-21)13-9-15(22-2)11-16(10-13)23-3/h9-11,14H,4-8,12H2,1-3H3. The largest absolute Gasteiger partial charge is 0.497 e. The molecule has 1 saturated heterocycles. The molecule has 1 aromatic heterocycles. The maximum absolute atomic E-state index is 5.74. The van der Waals surface area contributed by atoms with Gasteiger partial charge in [0.25, 0.3) is 4.84 Å². The molecule has 3 rings (SSSR count). The van der Waals surface area contributed by atoms with Gasteiger partial charge in [0.1, 0.15) is 11.5 Å². The first kappa shape index (κ1) is 17.9. The minimum Gasteiger partial charge on any atom is -0.497 e. The van der Waals surface area contributed by atoms with Crippen molar-refractivity contribution in [1.82, 2.24) is 14.7 Å². The molecule has 0 amide bonds. The van der Waals surface area contributed by atoms with Crippen molar-refractivity contribution in [1.29, 1.82) is 0 Å². The number of aromatic nitrogens is 2. The van der Waals surface area contributed by atoms with Crippen LogP contribution in [0.5, 0.6) is 11.5 Å². The predicted molar refractivity (Wildman–Crippen MR) is 98.5 cm³/mol. The Hall–Kier alpha value is -1.86. The first-order valence-electron chi connectivity index (χ1n) is 8.70. The van der Waals surface area contributed by atoms with Crippen LogP contribution in [0.15, 0.2) is 22.6 Å². The second-order valence-corrected chi connectivity index (χ2v) is 6.63. The number of hydrogen-bond donors (Lipinski definition) is 0. The Morgan fingerprint density at radius 1 is 1.20 bits per heavy atom. The summed E-state index contributed by atoms with van der Waals surface area (Å²) in [6.45, 7) is 3.98. The Labute approximate surface area is 153 Å². The molecule has 7 heteroatoms. The van der Waals surface area contributed by atoms with Crippen LogP contribution in [-0.2, 0) is 6.67 Å². The number of piperidine rings is 1. The Morgan fingerprint density at radius 3 is 2.56 bits per heavy atom. The van der Waals surface area contributed by atoms with Crippen molar-refractivity contribution >= 4 is 12.2 Å². The van der Waals surface area contributed by atoms with Gasteiger partial charge in [0.15, 0.2) is 0 Å². The van der Waals surface area contributed by atoms with Crippen LogP contribution in [0.1, 0.15) is 32.6 Å². The van der Waals surface area contributed by atoms with Gasteiger partial charge in [-0.2, -0.15) is 0 Å². The zero-order valence-electron chi connectivity index (χ0n) is 15.0. The van der Waals surface area contributed by atoms with Gasteiger partial charge in [-0.25, -0.2) is 4.68 Å². The third-order valence-electron chi connectivity index (χ3n) is 4.74. The first-order valence-corrected chi connectivity index (χ1v) is 9.11. The molecule has 1 unspecified atom stereocenters. The average molecular weight is 363 g/mol. The van der Waals surface area contributed by atoms with E-state index in [0.29, 0.717) is 34.9 Å². The maximum Gasteiger partial charge on any atom is 0.288 e. The molecule has 2 aromatic rings. The van der Waals surface area contributed by atoms with Gasteiger partial charge >= 0.3 is 0 Å². The van der Waals surface area contributed by atoms with Crippen molar-refractivity contribution in [2.45, 2.75) is 45.3 Å². The molecule has 1 fully saturated rings. The van der Waals surface area contributed by atoms with Crippen LogP contribution < -0.4 is 9.47 Å². The lowest BCUT2D eigenvalue weighted by Gasteiger charge is -2.34. The fourth-order valence-electron chi connectivity index (χ4n) is 3.32. The van der Waals surface area contributed by atoms with Crippen molar-refractivity contribution in [3.05, 3.63) is 23.0 Å². The van der Waals surface area contributed by atoms with Gasteiger partial charge < -0.3 is 13.9 Å². The van der Waals surface area contributed by atoms with E-state index in [4.69, 9.17) is 26.1 Å². The molecule has 0 N–H and O–H groups in total. The fraction of sp³-hybridized carbons (Fsp3) is 0.556. The number of rotatable bonds is 6. The highest BCUT2D eigenvalue weighted by atomic mass is 32.1. The molecule has 25 heavy (non-hydrogen) atoms. The number of hydrogen-bond acceptors (Lipinski definition) is 6. The summed E-state index contributed by atoms with van der Waals surface area (Å²) in [7, 11) is 3.24. The Balaban J connectivity index is 1.86. The molecule has 1 aliphatic rings. The van der Waals surface area contributed by atoms with Crippen LogP contribution >= 0.6 is 12.2 Å². The Kier molecular flexibility index (Phi) is 5.75. The van der Waals surface area contributed by atoms with Gasteiger partial charge in [0.05, 0.1) is 20.9 Å². The highest BCUT2D eigenvalue weighted by molar-refractivity contribution is 7.71. The molecule has 0 aliphatic carbocycles. The quantitative estimate of drug-likeness (QED) is 0.720.